The topological polar surface area (TPSA) is 65.0 Å². The van der Waals surface area contributed by atoms with E-state index in [2.05, 4.69) is 42.2 Å². The second-order valence-corrected chi connectivity index (χ2v) is 7.04. The molecule has 2 N–H and O–H groups in total. The molecule has 1 aliphatic rings. The minimum atomic E-state index is -2.86. The number of alkyl halides is 2. The van der Waals surface area contributed by atoms with Crippen LogP contribution < -0.4 is 20.3 Å². The highest BCUT2D eigenvalue weighted by atomic mass is 127. The summed E-state index contributed by atoms with van der Waals surface area (Å²) in [6.45, 7) is 1.88. The molecule has 0 spiro atoms. The van der Waals surface area contributed by atoms with Crippen molar-refractivity contribution in [1.29, 1.82) is 0 Å². The molecule has 0 bridgehead atoms. The first-order valence-corrected chi connectivity index (χ1v) is 9.91. The fraction of sp³-hybridized carbons (Fsp3) is 0.429. The highest BCUT2D eigenvalue weighted by Gasteiger charge is 2.18. The fourth-order valence-corrected chi connectivity index (χ4v) is 3.31. The molecule has 3 rings (SSSR count). The fourth-order valence-electron chi connectivity index (χ4n) is 3.31. The van der Waals surface area contributed by atoms with Crippen LogP contribution in [0.25, 0.3) is 0 Å². The minimum absolute atomic E-state index is 0. The number of nitrogens with one attached hydrogen (secondary N) is 2. The molecule has 170 valence electrons. The van der Waals surface area contributed by atoms with Crippen LogP contribution in [0.1, 0.15) is 11.1 Å². The Labute approximate surface area is 198 Å². The highest BCUT2D eigenvalue weighted by Crippen LogP contribution is 2.20. The number of guanidine groups is 1. The van der Waals surface area contributed by atoms with Crippen LogP contribution in [-0.4, -0.2) is 62.7 Å². The van der Waals surface area contributed by atoms with Crippen molar-refractivity contribution in [1.82, 2.24) is 20.5 Å². The standard InChI is InChI=1S/C21H28F2N6O.HI/c1-24-21(26-14-16-6-3-4-8-18(16)30-20(22)23)27-15-17-7-5-9-25-19(17)29-12-10-28(2)11-13-29;/h3-9,20H,10-15H2,1-2H3,(H2,24,26,27);1H. The molecule has 0 aliphatic carbocycles. The van der Waals surface area contributed by atoms with Crippen molar-refractivity contribution >= 4 is 35.8 Å². The molecular weight excluding hydrogens is 517 g/mol. The lowest BCUT2D eigenvalue weighted by atomic mass is 10.2. The monoisotopic (exact) mass is 546 g/mol. The first-order valence-electron chi connectivity index (χ1n) is 9.91. The van der Waals surface area contributed by atoms with Crippen molar-refractivity contribution in [3.05, 3.63) is 53.7 Å². The van der Waals surface area contributed by atoms with Crippen LogP contribution in [0.15, 0.2) is 47.6 Å². The van der Waals surface area contributed by atoms with Gasteiger partial charge in [0.25, 0.3) is 0 Å². The number of pyridine rings is 1. The molecule has 1 aliphatic heterocycles. The quantitative estimate of drug-likeness (QED) is 0.317. The summed E-state index contributed by atoms with van der Waals surface area (Å²) in [6, 6.07) is 10.7. The Kier molecular flexibility index (Phi) is 10.2. The smallest absolute Gasteiger partial charge is 0.387 e. The Hall–Kier alpha value is -2.21. The molecule has 7 nitrogen and oxygen atoms in total. The molecule has 0 saturated carbocycles. The number of rotatable bonds is 7. The van der Waals surface area contributed by atoms with Gasteiger partial charge in [-0.15, -0.1) is 24.0 Å². The number of halogens is 3. The lowest BCUT2D eigenvalue weighted by molar-refractivity contribution is -0.0504. The number of aliphatic imine (C=N–C) groups is 1. The number of aromatic nitrogens is 1. The van der Waals surface area contributed by atoms with E-state index < -0.39 is 6.61 Å². The van der Waals surface area contributed by atoms with Crippen LogP contribution in [0, 0.1) is 0 Å². The highest BCUT2D eigenvalue weighted by molar-refractivity contribution is 14.0. The van der Waals surface area contributed by atoms with Gasteiger partial charge in [0.15, 0.2) is 5.96 Å². The lowest BCUT2D eigenvalue weighted by Gasteiger charge is -2.34. The van der Waals surface area contributed by atoms with Crippen molar-refractivity contribution in [3.8, 4) is 5.75 Å². The van der Waals surface area contributed by atoms with Gasteiger partial charge in [-0.05, 0) is 19.2 Å². The van der Waals surface area contributed by atoms with Gasteiger partial charge in [-0.25, -0.2) is 4.98 Å². The van der Waals surface area contributed by atoms with E-state index in [-0.39, 0.29) is 29.7 Å². The predicted molar refractivity (Wildman–Crippen MR) is 129 cm³/mol. The van der Waals surface area contributed by atoms with E-state index in [1.807, 2.05) is 18.3 Å². The summed E-state index contributed by atoms with van der Waals surface area (Å²) in [6.07, 6.45) is 1.81. The summed E-state index contributed by atoms with van der Waals surface area (Å²) >= 11 is 0. The minimum Gasteiger partial charge on any atom is -0.434 e. The number of piperazine rings is 1. The SMILES string of the molecule is CN=C(NCc1ccccc1OC(F)F)NCc1cccnc1N1CCN(C)CC1.I. The van der Waals surface area contributed by atoms with Gasteiger partial charge >= 0.3 is 6.61 Å². The van der Waals surface area contributed by atoms with Crippen LogP contribution in [0.4, 0.5) is 14.6 Å². The maximum Gasteiger partial charge on any atom is 0.387 e. The third kappa shape index (κ3) is 7.46. The van der Waals surface area contributed by atoms with E-state index in [9.17, 15) is 8.78 Å². The summed E-state index contributed by atoms with van der Waals surface area (Å²) in [7, 11) is 3.79. The van der Waals surface area contributed by atoms with E-state index in [0.717, 1.165) is 37.6 Å². The molecule has 1 fully saturated rings. The Morgan fingerprint density at radius 2 is 1.71 bits per heavy atom. The average molecular weight is 546 g/mol. The summed E-state index contributed by atoms with van der Waals surface area (Å²) < 4.78 is 29.8. The maximum absolute atomic E-state index is 12.6. The molecular formula is C21H29F2IN6O. The third-order valence-corrected chi connectivity index (χ3v) is 4.98. The molecule has 1 saturated heterocycles. The summed E-state index contributed by atoms with van der Waals surface area (Å²) in [4.78, 5) is 13.4. The van der Waals surface area contributed by atoms with Crippen molar-refractivity contribution in [3.63, 3.8) is 0 Å². The molecule has 0 radical (unpaired) electrons. The van der Waals surface area contributed by atoms with Crippen molar-refractivity contribution in [2.75, 3.05) is 45.2 Å². The maximum atomic E-state index is 12.6. The van der Waals surface area contributed by atoms with Gasteiger partial charge in [-0.1, -0.05) is 24.3 Å². The largest absolute Gasteiger partial charge is 0.434 e. The van der Waals surface area contributed by atoms with Gasteiger partial charge in [0, 0.05) is 63.6 Å². The van der Waals surface area contributed by atoms with Gasteiger partial charge in [0.1, 0.15) is 11.6 Å². The van der Waals surface area contributed by atoms with E-state index in [1.165, 1.54) is 6.07 Å². The number of hydrogen-bond donors (Lipinski definition) is 2. The number of benzene rings is 1. The first-order chi connectivity index (χ1) is 14.6. The van der Waals surface area contributed by atoms with Crippen LogP contribution in [0.3, 0.4) is 0 Å². The second-order valence-electron chi connectivity index (χ2n) is 7.04. The van der Waals surface area contributed by atoms with Crippen LogP contribution in [-0.2, 0) is 13.1 Å². The second kappa shape index (κ2) is 12.6. The van der Waals surface area contributed by atoms with E-state index >= 15 is 0 Å². The molecule has 0 atom stereocenters. The van der Waals surface area contributed by atoms with E-state index in [1.54, 1.807) is 25.2 Å². The van der Waals surface area contributed by atoms with Crippen LogP contribution in [0.5, 0.6) is 5.75 Å². The molecule has 0 unspecified atom stereocenters. The number of anilines is 1. The van der Waals surface area contributed by atoms with Crippen molar-refractivity contribution < 1.29 is 13.5 Å². The predicted octanol–water partition coefficient (Wildman–Crippen LogP) is 2.92. The van der Waals surface area contributed by atoms with Crippen LogP contribution in [0.2, 0.25) is 0 Å². The molecule has 2 heterocycles. The number of para-hydroxylation sites is 1. The Morgan fingerprint density at radius 1 is 1.06 bits per heavy atom. The number of hydrogen-bond acceptors (Lipinski definition) is 5. The molecule has 10 heteroatoms. The molecule has 2 aromatic rings. The van der Waals surface area contributed by atoms with Gasteiger partial charge in [0.2, 0.25) is 0 Å². The number of nitrogens with zero attached hydrogens (tertiary/aromatic N) is 4. The normalized spacial score (nSPS) is 14.9. The summed E-state index contributed by atoms with van der Waals surface area (Å²) in [5, 5.41) is 6.43. The van der Waals surface area contributed by atoms with Crippen LogP contribution >= 0.6 is 24.0 Å². The Morgan fingerprint density at radius 3 is 2.39 bits per heavy atom. The average Bonchev–Trinajstić information content (AvgIpc) is 2.75. The Bertz CT molecular complexity index is 846. The molecule has 1 aromatic carbocycles. The zero-order valence-corrected chi connectivity index (χ0v) is 20.1. The molecule has 1 aromatic heterocycles. The van der Waals surface area contributed by atoms with E-state index in [0.29, 0.717) is 24.6 Å². The molecule has 0 amide bonds. The van der Waals surface area contributed by atoms with Crippen molar-refractivity contribution in [2.45, 2.75) is 19.7 Å². The molecule has 31 heavy (non-hydrogen) atoms. The van der Waals surface area contributed by atoms with Crippen molar-refractivity contribution in [2.24, 2.45) is 4.99 Å². The number of ether oxygens (including phenoxy) is 1. The summed E-state index contributed by atoms with van der Waals surface area (Å²) in [5.74, 6) is 1.69. The zero-order valence-electron chi connectivity index (χ0n) is 17.7. The lowest BCUT2D eigenvalue weighted by Crippen LogP contribution is -2.45. The van der Waals surface area contributed by atoms with Gasteiger partial charge in [0.05, 0.1) is 0 Å². The number of likely N-dealkylation sites (N-methyl/N-ethyl adjacent to an activating group) is 1. The van der Waals surface area contributed by atoms with E-state index in [4.69, 9.17) is 0 Å². The van der Waals surface area contributed by atoms with Gasteiger partial charge in [-0.2, -0.15) is 8.78 Å². The van der Waals surface area contributed by atoms with Gasteiger partial charge in [-0.3, -0.25) is 4.99 Å². The zero-order chi connectivity index (χ0) is 21.3. The first kappa shape index (κ1) is 25.1. The summed E-state index contributed by atoms with van der Waals surface area (Å²) in [5.41, 5.74) is 1.70. The third-order valence-electron chi connectivity index (χ3n) is 4.98. The van der Waals surface area contributed by atoms with Gasteiger partial charge < -0.3 is 25.2 Å². The Balaban J connectivity index is 0.00000341.